The molecule has 1 aliphatic rings. The average molecular weight is 376 g/mol. The van der Waals surface area contributed by atoms with Gasteiger partial charge in [-0.1, -0.05) is 36.4 Å². The van der Waals surface area contributed by atoms with Gasteiger partial charge in [-0.05, 0) is 40.3 Å². The lowest BCUT2D eigenvalue weighted by molar-refractivity contribution is -0.110. The average Bonchev–Trinajstić information content (AvgIpc) is 2.45. The smallest absolute Gasteiger partial charge is 0.237 e. The molecule has 2 aromatic carbocycles. The lowest BCUT2D eigenvalue weighted by Gasteiger charge is -2.17. The zero-order chi connectivity index (χ0) is 14.3. The molecule has 0 aliphatic heterocycles. The summed E-state index contributed by atoms with van der Waals surface area (Å²) >= 11 is 2.12. The van der Waals surface area contributed by atoms with Crippen molar-refractivity contribution in [3.05, 3.63) is 68.8 Å². The van der Waals surface area contributed by atoms with Gasteiger partial charge in [-0.25, -0.2) is 0 Å². The summed E-state index contributed by atoms with van der Waals surface area (Å²) in [6.45, 7) is 0. The number of allylic oxidation sites excluding steroid dienone is 1. The van der Waals surface area contributed by atoms with Crippen LogP contribution in [0.25, 0.3) is 11.3 Å². The number of ketones is 2. The van der Waals surface area contributed by atoms with E-state index in [0.29, 0.717) is 11.1 Å². The summed E-state index contributed by atoms with van der Waals surface area (Å²) in [7, 11) is 0. The number of Topliss-reactive ketones (excluding diaryl/α,β-unsaturated/α-hetero) is 2. The van der Waals surface area contributed by atoms with Gasteiger partial charge < -0.3 is 5.11 Å². The lowest BCUT2D eigenvalue weighted by atomic mass is 9.85. The Balaban J connectivity index is 2.30. The molecule has 1 aliphatic carbocycles. The standard InChI is InChI=1S/C16H9IO3/c17-10-5-3-4-9(8-10)13-14(18)11-6-1-2-7-12(11)15(19)16(13)20/h1-8,18H. The number of aliphatic hydroxyl groups is 1. The predicted molar refractivity (Wildman–Crippen MR) is 84.4 cm³/mol. The molecule has 0 amide bonds. The second-order valence-corrected chi connectivity index (χ2v) is 5.68. The minimum atomic E-state index is -0.664. The zero-order valence-electron chi connectivity index (χ0n) is 10.3. The molecular weight excluding hydrogens is 367 g/mol. The van der Waals surface area contributed by atoms with Crippen LogP contribution in [0.2, 0.25) is 0 Å². The summed E-state index contributed by atoms with van der Waals surface area (Å²) in [5.41, 5.74) is 1.30. The molecule has 0 aromatic heterocycles. The van der Waals surface area contributed by atoms with Gasteiger partial charge in [0.2, 0.25) is 11.6 Å². The maximum Gasteiger partial charge on any atom is 0.237 e. The Morgan fingerprint density at radius 1 is 0.850 bits per heavy atom. The van der Waals surface area contributed by atoms with Crippen LogP contribution in [0.3, 0.4) is 0 Å². The van der Waals surface area contributed by atoms with Crippen LogP contribution in [0, 0.1) is 3.57 Å². The molecular formula is C16H9IO3. The van der Waals surface area contributed by atoms with Crippen LogP contribution in [0.4, 0.5) is 0 Å². The summed E-state index contributed by atoms with van der Waals surface area (Å²) in [5.74, 6) is -1.37. The van der Waals surface area contributed by atoms with E-state index in [2.05, 4.69) is 22.6 Å². The van der Waals surface area contributed by atoms with Gasteiger partial charge in [-0.3, -0.25) is 9.59 Å². The van der Waals surface area contributed by atoms with Crippen molar-refractivity contribution >= 4 is 45.5 Å². The van der Waals surface area contributed by atoms with Crippen LogP contribution in [-0.4, -0.2) is 16.7 Å². The number of aliphatic hydroxyl groups excluding tert-OH is 1. The molecule has 3 nitrogen and oxygen atoms in total. The molecule has 0 fully saturated rings. The quantitative estimate of drug-likeness (QED) is 0.613. The maximum atomic E-state index is 12.2. The molecule has 1 N–H and O–H groups in total. The number of carbonyl (C=O) groups excluding carboxylic acids is 2. The second kappa shape index (κ2) is 4.86. The van der Waals surface area contributed by atoms with Crippen LogP contribution in [0.15, 0.2) is 48.5 Å². The van der Waals surface area contributed by atoms with Crippen molar-refractivity contribution < 1.29 is 14.7 Å². The fraction of sp³-hybridized carbons (Fsp3) is 0. The van der Waals surface area contributed by atoms with E-state index < -0.39 is 11.6 Å². The summed E-state index contributed by atoms with van der Waals surface area (Å²) in [6.07, 6.45) is 0. The van der Waals surface area contributed by atoms with E-state index in [1.807, 2.05) is 6.07 Å². The maximum absolute atomic E-state index is 12.2. The van der Waals surface area contributed by atoms with Crippen molar-refractivity contribution in [2.45, 2.75) is 0 Å². The molecule has 20 heavy (non-hydrogen) atoms. The highest BCUT2D eigenvalue weighted by atomic mass is 127. The van der Waals surface area contributed by atoms with E-state index in [1.54, 1.807) is 42.5 Å². The Morgan fingerprint density at radius 3 is 2.25 bits per heavy atom. The van der Waals surface area contributed by atoms with Gasteiger partial charge in [0.15, 0.2) is 0 Å². The minimum absolute atomic E-state index is 0.0761. The summed E-state index contributed by atoms with van der Waals surface area (Å²) < 4.78 is 0.930. The first-order chi connectivity index (χ1) is 9.59. The molecule has 3 rings (SSSR count). The molecule has 0 heterocycles. The number of hydrogen-bond donors (Lipinski definition) is 1. The number of halogens is 1. The Bertz CT molecular complexity index is 775. The number of hydrogen-bond acceptors (Lipinski definition) is 3. The Kier molecular flexibility index (Phi) is 3.17. The van der Waals surface area contributed by atoms with Crippen molar-refractivity contribution in [1.29, 1.82) is 0 Å². The van der Waals surface area contributed by atoms with Gasteiger partial charge in [0.05, 0.1) is 5.57 Å². The van der Waals surface area contributed by atoms with Crippen LogP contribution in [0.1, 0.15) is 21.5 Å². The van der Waals surface area contributed by atoms with Gasteiger partial charge in [0.25, 0.3) is 0 Å². The first-order valence-electron chi connectivity index (χ1n) is 5.97. The molecule has 98 valence electrons. The highest BCUT2D eigenvalue weighted by Gasteiger charge is 2.33. The molecule has 0 atom stereocenters. The third-order valence-electron chi connectivity index (χ3n) is 3.21. The topological polar surface area (TPSA) is 54.4 Å². The Labute approximate surface area is 129 Å². The number of carbonyl (C=O) groups is 2. The van der Waals surface area contributed by atoms with E-state index in [4.69, 9.17) is 0 Å². The lowest BCUT2D eigenvalue weighted by Crippen LogP contribution is -2.23. The van der Waals surface area contributed by atoms with Crippen LogP contribution in [-0.2, 0) is 4.79 Å². The van der Waals surface area contributed by atoms with Gasteiger partial charge in [-0.2, -0.15) is 0 Å². The first-order valence-corrected chi connectivity index (χ1v) is 7.05. The van der Waals surface area contributed by atoms with Crippen LogP contribution < -0.4 is 0 Å². The summed E-state index contributed by atoms with van der Waals surface area (Å²) in [5, 5.41) is 10.4. The number of benzene rings is 2. The van der Waals surface area contributed by atoms with Crippen molar-refractivity contribution in [2.24, 2.45) is 0 Å². The van der Waals surface area contributed by atoms with Crippen LogP contribution in [0.5, 0.6) is 0 Å². The van der Waals surface area contributed by atoms with Gasteiger partial charge in [-0.15, -0.1) is 0 Å². The van der Waals surface area contributed by atoms with E-state index in [0.717, 1.165) is 3.57 Å². The summed E-state index contributed by atoms with van der Waals surface area (Å²) in [6, 6.07) is 13.7. The van der Waals surface area contributed by atoms with Crippen molar-refractivity contribution in [3.63, 3.8) is 0 Å². The SMILES string of the molecule is O=C1C(=O)c2ccccc2C(O)=C1c1cccc(I)c1. The van der Waals surface area contributed by atoms with Crippen molar-refractivity contribution in [1.82, 2.24) is 0 Å². The number of fused-ring (bicyclic) bond motifs is 1. The monoisotopic (exact) mass is 376 g/mol. The van der Waals surface area contributed by atoms with E-state index in [-0.39, 0.29) is 16.9 Å². The highest BCUT2D eigenvalue weighted by molar-refractivity contribution is 14.1. The molecule has 2 aromatic rings. The van der Waals surface area contributed by atoms with Crippen molar-refractivity contribution in [3.8, 4) is 0 Å². The van der Waals surface area contributed by atoms with Crippen LogP contribution >= 0.6 is 22.6 Å². The molecule has 0 saturated carbocycles. The minimum Gasteiger partial charge on any atom is -0.506 e. The summed E-state index contributed by atoms with van der Waals surface area (Å²) in [4.78, 5) is 24.4. The molecule has 0 unspecified atom stereocenters. The normalized spacial score (nSPS) is 14.4. The second-order valence-electron chi connectivity index (χ2n) is 4.44. The van der Waals surface area contributed by atoms with Gasteiger partial charge in [0, 0.05) is 14.7 Å². The third kappa shape index (κ3) is 1.96. The zero-order valence-corrected chi connectivity index (χ0v) is 12.4. The van der Waals surface area contributed by atoms with E-state index in [9.17, 15) is 14.7 Å². The first kappa shape index (κ1) is 13.1. The molecule has 0 bridgehead atoms. The third-order valence-corrected chi connectivity index (χ3v) is 3.88. The predicted octanol–water partition coefficient (Wildman–Crippen LogP) is 3.48. The van der Waals surface area contributed by atoms with Crippen molar-refractivity contribution in [2.75, 3.05) is 0 Å². The van der Waals surface area contributed by atoms with E-state index in [1.165, 1.54) is 0 Å². The highest BCUT2D eigenvalue weighted by Crippen LogP contribution is 2.33. The fourth-order valence-corrected chi connectivity index (χ4v) is 2.82. The molecule has 4 heteroatoms. The van der Waals surface area contributed by atoms with Gasteiger partial charge >= 0.3 is 0 Å². The Hall–Kier alpha value is -1.95. The molecule has 0 radical (unpaired) electrons. The molecule has 0 spiro atoms. The number of rotatable bonds is 1. The largest absolute Gasteiger partial charge is 0.506 e. The van der Waals surface area contributed by atoms with Gasteiger partial charge in [0.1, 0.15) is 5.76 Å². The molecule has 0 saturated heterocycles. The van der Waals surface area contributed by atoms with E-state index >= 15 is 0 Å². The Morgan fingerprint density at radius 2 is 1.55 bits per heavy atom. The fourth-order valence-electron chi connectivity index (χ4n) is 2.28.